The highest BCUT2D eigenvalue weighted by atomic mass is 15.2. The van der Waals surface area contributed by atoms with Crippen LogP contribution in [-0.2, 0) is 6.42 Å². The zero-order chi connectivity index (χ0) is 21.6. The number of aromatic nitrogens is 3. The second-order valence-electron chi connectivity index (χ2n) is 8.11. The van der Waals surface area contributed by atoms with Gasteiger partial charge in [-0.25, -0.2) is 9.97 Å². The molecule has 1 saturated heterocycles. The number of hydrogen-bond donors (Lipinski definition) is 2. The number of rotatable bonds is 7. The summed E-state index contributed by atoms with van der Waals surface area (Å²) in [6.45, 7) is 7.17. The molecule has 4 rings (SSSR count). The first kappa shape index (κ1) is 21.2. The van der Waals surface area contributed by atoms with E-state index in [1.165, 1.54) is 11.3 Å². The Bertz CT molecular complexity index is 995. The van der Waals surface area contributed by atoms with Gasteiger partial charge in [0, 0.05) is 61.2 Å². The molecule has 0 radical (unpaired) electrons. The van der Waals surface area contributed by atoms with E-state index in [1.807, 2.05) is 18.3 Å². The Morgan fingerprint density at radius 1 is 1.03 bits per heavy atom. The first-order valence-corrected chi connectivity index (χ1v) is 10.9. The first-order valence-electron chi connectivity index (χ1n) is 10.9. The van der Waals surface area contributed by atoms with E-state index in [4.69, 9.17) is 5.73 Å². The van der Waals surface area contributed by atoms with Crippen LogP contribution < -0.4 is 16.0 Å². The lowest BCUT2D eigenvalue weighted by Crippen LogP contribution is -2.44. The molecule has 0 atom stereocenters. The molecular weight excluding hydrogens is 386 g/mol. The molecule has 31 heavy (non-hydrogen) atoms. The van der Waals surface area contributed by atoms with E-state index >= 15 is 0 Å². The van der Waals surface area contributed by atoms with Crippen molar-refractivity contribution in [3.8, 4) is 11.3 Å². The number of likely N-dealkylation sites (N-methyl/N-ethyl adjacent to an activating group) is 1. The topological polar surface area (TPSA) is 83.2 Å². The van der Waals surface area contributed by atoms with Crippen LogP contribution in [0.2, 0.25) is 0 Å². The molecule has 0 bridgehead atoms. The lowest BCUT2D eigenvalue weighted by Gasteiger charge is -2.35. The summed E-state index contributed by atoms with van der Waals surface area (Å²) in [5.41, 5.74) is 12.0. The second kappa shape index (κ2) is 9.85. The molecule has 0 amide bonds. The fourth-order valence-electron chi connectivity index (χ4n) is 3.85. The molecule has 0 unspecified atom stereocenters. The van der Waals surface area contributed by atoms with Crippen LogP contribution in [0.4, 0.5) is 17.3 Å². The summed E-state index contributed by atoms with van der Waals surface area (Å²) in [6.07, 6.45) is 5.49. The van der Waals surface area contributed by atoms with Gasteiger partial charge in [0.1, 0.15) is 0 Å². The highest BCUT2D eigenvalue weighted by Crippen LogP contribution is 2.26. The maximum Gasteiger partial charge on any atom is 0.227 e. The third kappa shape index (κ3) is 5.37. The minimum atomic E-state index is 0.580. The van der Waals surface area contributed by atoms with Crippen molar-refractivity contribution in [1.29, 1.82) is 0 Å². The molecule has 2 aromatic heterocycles. The molecule has 7 heteroatoms. The smallest absolute Gasteiger partial charge is 0.227 e. The van der Waals surface area contributed by atoms with Gasteiger partial charge in [-0.2, -0.15) is 0 Å². The van der Waals surface area contributed by atoms with Crippen molar-refractivity contribution in [3.63, 3.8) is 0 Å². The molecule has 3 N–H and O–H groups in total. The SMILES string of the molecule is Cc1cc(Nc2nccc(-c3ccc(CCCN)nc3)n2)ccc1N1CCN(C)CC1. The van der Waals surface area contributed by atoms with Crippen LogP contribution >= 0.6 is 0 Å². The van der Waals surface area contributed by atoms with Gasteiger partial charge in [0.15, 0.2) is 0 Å². The van der Waals surface area contributed by atoms with E-state index in [0.29, 0.717) is 12.5 Å². The van der Waals surface area contributed by atoms with E-state index in [0.717, 1.165) is 61.7 Å². The molecule has 1 aliphatic heterocycles. The second-order valence-corrected chi connectivity index (χ2v) is 8.11. The van der Waals surface area contributed by atoms with E-state index in [2.05, 4.69) is 68.3 Å². The third-order valence-electron chi connectivity index (χ3n) is 5.71. The fraction of sp³-hybridized carbons (Fsp3) is 0.375. The Balaban J connectivity index is 1.45. The van der Waals surface area contributed by atoms with Gasteiger partial charge in [0.05, 0.1) is 5.69 Å². The number of pyridine rings is 1. The van der Waals surface area contributed by atoms with E-state index in [9.17, 15) is 0 Å². The van der Waals surface area contributed by atoms with Gasteiger partial charge in [-0.1, -0.05) is 0 Å². The summed E-state index contributed by atoms with van der Waals surface area (Å²) in [7, 11) is 2.18. The van der Waals surface area contributed by atoms with Crippen LogP contribution in [0.5, 0.6) is 0 Å². The molecule has 0 saturated carbocycles. The van der Waals surface area contributed by atoms with Crippen molar-refractivity contribution in [1.82, 2.24) is 19.9 Å². The normalized spacial score (nSPS) is 14.6. The van der Waals surface area contributed by atoms with Crippen molar-refractivity contribution in [2.24, 2.45) is 5.73 Å². The van der Waals surface area contributed by atoms with Gasteiger partial charge in [-0.3, -0.25) is 4.98 Å². The molecule has 1 aromatic carbocycles. The van der Waals surface area contributed by atoms with Crippen LogP contribution in [0, 0.1) is 6.92 Å². The Labute approximate surface area is 184 Å². The first-order chi connectivity index (χ1) is 15.1. The third-order valence-corrected chi connectivity index (χ3v) is 5.71. The van der Waals surface area contributed by atoms with Crippen molar-refractivity contribution in [3.05, 3.63) is 60.0 Å². The highest BCUT2D eigenvalue weighted by molar-refractivity contribution is 5.65. The summed E-state index contributed by atoms with van der Waals surface area (Å²) in [6, 6.07) is 12.5. The molecule has 3 aromatic rings. The summed E-state index contributed by atoms with van der Waals surface area (Å²) in [5.74, 6) is 0.580. The van der Waals surface area contributed by atoms with Gasteiger partial charge >= 0.3 is 0 Å². The average Bonchev–Trinajstić information content (AvgIpc) is 2.79. The number of anilines is 3. The van der Waals surface area contributed by atoms with Crippen LogP contribution in [-0.4, -0.2) is 59.6 Å². The van der Waals surface area contributed by atoms with Gasteiger partial charge < -0.3 is 20.9 Å². The minimum Gasteiger partial charge on any atom is -0.369 e. The number of hydrogen-bond acceptors (Lipinski definition) is 7. The molecule has 1 aliphatic rings. The van der Waals surface area contributed by atoms with Gasteiger partial charge in [0.25, 0.3) is 0 Å². The standard InChI is InChI=1S/C24H31N7/c1-18-16-21(7-8-23(18)31-14-12-30(2)13-15-31)28-24-26-11-9-22(29-24)19-5-6-20(27-17-19)4-3-10-25/h5-9,11,16-17H,3-4,10,12-15,25H2,1-2H3,(H,26,28,29). The number of nitrogens with zero attached hydrogens (tertiary/aromatic N) is 5. The largest absolute Gasteiger partial charge is 0.369 e. The van der Waals surface area contributed by atoms with Gasteiger partial charge in [-0.15, -0.1) is 0 Å². The average molecular weight is 418 g/mol. The predicted octanol–water partition coefficient (Wildman–Crippen LogP) is 3.23. The number of benzene rings is 1. The Hall–Kier alpha value is -3.03. The maximum absolute atomic E-state index is 5.58. The lowest BCUT2D eigenvalue weighted by molar-refractivity contribution is 0.312. The quantitative estimate of drug-likeness (QED) is 0.611. The van der Waals surface area contributed by atoms with E-state index in [1.54, 1.807) is 6.20 Å². The van der Waals surface area contributed by atoms with Crippen LogP contribution in [0.1, 0.15) is 17.7 Å². The molecule has 162 valence electrons. The van der Waals surface area contributed by atoms with Crippen molar-refractivity contribution < 1.29 is 0 Å². The Morgan fingerprint density at radius 2 is 1.87 bits per heavy atom. The zero-order valence-corrected chi connectivity index (χ0v) is 18.4. The van der Waals surface area contributed by atoms with Gasteiger partial charge in [0.2, 0.25) is 5.95 Å². The molecule has 7 nitrogen and oxygen atoms in total. The summed E-state index contributed by atoms with van der Waals surface area (Å²) < 4.78 is 0. The summed E-state index contributed by atoms with van der Waals surface area (Å²) in [4.78, 5) is 18.4. The van der Waals surface area contributed by atoms with E-state index in [-0.39, 0.29) is 0 Å². The number of piperazine rings is 1. The summed E-state index contributed by atoms with van der Waals surface area (Å²) in [5, 5.41) is 3.35. The number of aryl methyl sites for hydroxylation is 2. The van der Waals surface area contributed by atoms with Crippen molar-refractivity contribution >= 4 is 17.3 Å². The Kier molecular flexibility index (Phi) is 6.74. The molecule has 0 aliphatic carbocycles. The van der Waals surface area contributed by atoms with Crippen molar-refractivity contribution in [2.45, 2.75) is 19.8 Å². The number of nitrogens with two attached hydrogens (primary N) is 1. The monoisotopic (exact) mass is 417 g/mol. The highest BCUT2D eigenvalue weighted by Gasteiger charge is 2.16. The Morgan fingerprint density at radius 3 is 2.58 bits per heavy atom. The fourth-order valence-corrected chi connectivity index (χ4v) is 3.85. The van der Waals surface area contributed by atoms with Crippen LogP contribution in [0.15, 0.2) is 48.8 Å². The minimum absolute atomic E-state index is 0.580. The van der Waals surface area contributed by atoms with Crippen molar-refractivity contribution in [2.75, 3.05) is 50.0 Å². The van der Waals surface area contributed by atoms with Crippen LogP contribution in [0.25, 0.3) is 11.3 Å². The number of nitrogens with one attached hydrogen (secondary N) is 1. The molecule has 1 fully saturated rings. The lowest BCUT2D eigenvalue weighted by atomic mass is 10.1. The zero-order valence-electron chi connectivity index (χ0n) is 18.4. The van der Waals surface area contributed by atoms with E-state index < -0.39 is 0 Å². The summed E-state index contributed by atoms with van der Waals surface area (Å²) >= 11 is 0. The molecule has 3 heterocycles. The molecule has 0 spiro atoms. The predicted molar refractivity (Wildman–Crippen MR) is 127 cm³/mol. The van der Waals surface area contributed by atoms with Gasteiger partial charge in [-0.05, 0) is 75.3 Å². The van der Waals surface area contributed by atoms with Crippen LogP contribution in [0.3, 0.4) is 0 Å². The molecular formula is C24H31N7. The maximum atomic E-state index is 5.58.